The third kappa shape index (κ3) is 3.90. The Morgan fingerprint density at radius 3 is 2.84 bits per heavy atom. The van der Waals surface area contributed by atoms with Gasteiger partial charge in [-0.15, -0.1) is 0 Å². The first-order chi connectivity index (χ1) is 15.2. The second kappa shape index (κ2) is 8.02. The maximum atomic E-state index is 6.22. The molecule has 5 aromatic rings. The number of nitrogens with two attached hydrogens (primary N) is 1. The maximum Gasteiger partial charge on any atom is 0.224 e. The zero-order valence-corrected chi connectivity index (χ0v) is 17.3. The number of rotatable bonds is 7. The fraction of sp³-hybridized carbons (Fsp3) is 0.167. The molecule has 0 aliphatic heterocycles. The second-order valence-electron chi connectivity index (χ2n) is 7.58. The van der Waals surface area contributed by atoms with Gasteiger partial charge in [0.25, 0.3) is 0 Å². The van der Waals surface area contributed by atoms with E-state index < -0.39 is 0 Å². The minimum Gasteiger partial charge on any atom is -0.497 e. The van der Waals surface area contributed by atoms with E-state index in [0.29, 0.717) is 24.7 Å². The first-order valence-electron chi connectivity index (χ1n) is 10.2. The normalized spacial score (nSPS) is 11.3. The molecule has 5 N–H and O–H groups in total. The Kier molecular flexibility index (Phi) is 4.92. The monoisotopic (exact) mass is 412 g/mol. The quantitative estimate of drug-likeness (QED) is 0.319. The molecule has 7 nitrogen and oxygen atoms in total. The summed E-state index contributed by atoms with van der Waals surface area (Å²) in [4.78, 5) is 15.4. The summed E-state index contributed by atoms with van der Waals surface area (Å²) in [5.41, 5.74) is 11.7. The fourth-order valence-electron chi connectivity index (χ4n) is 3.87. The Balaban J connectivity index is 1.24. The van der Waals surface area contributed by atoms with Crippen molar-refractivity contribution in [2.75, 3.05) is 24.7 Å². The van der Waals surface area contributed by atoms with E-state index in [-0.39, 0.29) is 0 Å². The van der Waals surface area contributed by atoms with E-state index in [2.05, 4.69) is 55.6 Å². The van der Waals surface area contributed by atoms with Crippen LogP contribution in [0.4, 0.5) is 11.8 Å². The van der Waals surface area contributed by atoms with E-state index in [4.69, 9.17) is 10.5 Å². The molecule has 0 fully saturated rings. The lowest BCUT2D eigenvalue weighted by molar-refractivity contribution is 0.415. The Labute approximate surface area is 179 Å². The first kappa shape index (κ1) is 19.0. The van der Waals surface area contributed by atoms with Crippen molar-refractivity contribution in [1.82, 2.24) is 19.9 Å². The number of hydrogen-bond donors (Lipinski definition) is 4. The fourth-order valence-corrected chi connectivity index (χ4v) is 3.87. The molecule has 0 spiro atoms. The highest BCUT2D eigenvalue weighted by Crippen LogP contribution is 2.24. The standard InChI is InChI=1S/C24H24N6O/c1-31-19-4-5-21-20(12-19)17(13-28-21)7-9-27-24-29-14-18(23(25)30-24)10-15-2-3-16-6-8-26-22(16)11-15/h2-6,8,11-14,26,28H,7,9-10H2,1H3,(H3,25,27,29,30). The van der Waals surface area contributed by atoms with Crippen LogP contribution in [-0.2, 0) is 12.8 Å². The van der Waals surface area contributed by atoms with Gasteiger partial charge in [-0.1, -0.05) is 12.1 Å². The number of fused-ring (bicyclic) bond motifs is 2. The Morgan fingerprint density at radius 1 is 1.03 bits per heavy atom. The van der Waals surface area contributed by atoms with E-state index in [1.54, 1.807) is 13.3 Å². The zero-order chi connectivity index (χ0) is 21.2. The van der Waals surface area contributed by atoms with Crippen molar-refractivity contribution in [2.24, 2.45) is 0 Å². The molecule has 3 aromatic heterocycles. The van der Waals surface area contributed by atoms with Crippen molar-refractivity contribution in [2.45, 2.75) is 12.8 Å². The third-order valence-electron chi connectivity index (χ3n) is 5.56. The number of nitrogens with one attached hydrogen (secondary N) is 3. The van der Waals surface area contributed by atoms with Crippen LogP contribution in [0, 0.1) is 0 Å². The molecule has 5 rings (SSSR count). The van der Waals surface area contributed by atoms with Gasteiger partial charge in [0, 0.05) is 53.5 Å². The van der Waals surface area contributed by atoms with E-state index in [1.807, 2.05) is 24.5 Å². The molecule has 0 saturated carbocycles. The van der Waals surface area contributed by atoms with Gasteiger partial charge < -0.3 is 25.8 Å². The van der Waals surface area contributed by atoms with E-state index in [0.717, 1.165) is 34.2 Å². The number of aromatic nitrogens is 4. The Morgan fingerprint density at radius 2 is 1.97 bits per heavy atom. The number of aromatic amines is 2. The smallest absolute Gasteiger partial charge is 0.224 e. The third-order valence-corrected chi connectivity index (χ3v) is 5.56. The summed E-state index contributed by atoms with van der Waals surface area (Å²) >= 11 is 0. The molecule has 0 aliphatic rings. The minimum atomic E-state index is 0.501. The number of ether oxygens (including phenoxy) is 1. The zero-order valence-electron chi connectivity index (χ0n) is 17.3. The lowest BCUT2D eigenvalue weighted by Gasteiger charge is -2.09. The van der Waals surface area contributed by atoms with Crippen LogP contribution in [-0.4, -0.2) is 33.6 Å². The number of benzene rings is 2. The molecule has 2 aromatic carbocycles. The summed E-state index contributed by atoms with van der Waals surface area (Å²) in [6.07, 6.45) is 7.30. The second-order valence-corrected chi connectivity index (χ2v) is 7.58. The van der Waals surface area contributed by atoms with Gasteiger partial charge in [-0.2, -0.15) is 4.98 Å². The summed E-state index contributed by atoms with van der Waals surface area (Å²) in [6.45, 7) is 0.701. The molecule has 0 bridgehead atoms. The van der Waals surface area contributed by atoms with Crippen LogP contribution in [0.15, 0.2) is 61.1 Å². The minimum absolute atomic E-state index is 0.501. The number of methoxy groups -OCH3 is 1. The molecule has 156 valence electrons. The largest absolute Gasteiger partial charge is 0.497 e. The average molecular weight is 412 g/mol. The van der Waals surface area contributed by atoms with Gasteiger partial charge >= 0.3 is 0 Å². The predicted molar refractivity (Wildman–Crippen MR) is 125 cm³/mol. The number of H-pyrrole nitrogens is 2. The summed E-state index contributed by atoms with van der Waals surface area (Å²) in [5.74, 6) is 1.89. The molecular weight excluding hydrogens is 388 g/mol. The van der Waals surface area contributed by atoms with E-state index >= 15 is 0 Å². The first-order valence-corrected chi connectivity index (χ1v) is 10.2. The van der Waals surface area contributed by atoms with Crippen molar-refractivity contribution < 1.29 is 4.74 Å². The molecule has 31 heavy (non-hydrogen) atoms. The van der Waals surface area contributed by atoms with Gasteiger partial charge in [0.1, 0.15) is 11.6 Å². The molecule has 7 heteroatoms. The van der Waals surface area contributed by atoms with Gasteiger partial charge in [0.2, 0.25) is 5.95 Å². The van der Waals surface area contributed by atoms with Crippen molar-refractivity contribution >= 4 is 33.6 Å². The highest BCUT2D eigenvalue weighted by atomic mass is 16.5. The SMILES string of the molecule is COc1ccc2[nH]cc(CCNc3ncc(Cc4ccc5cc[nH]c5c4)c(N)n3)c2c1. The highest BCUT2D eigenvalue weighted by molar-refractivity contribution is 5.84. The van der Waals surface area contributed by atoms with Gasteiger partial charge in [0.05, 0.1) is 7.11 Å². The molecule has 0 atom stereocenters. The van der Waals surface area contributed by atoms with Crippen LogP contribution in [0.25, 0.3) is 21.8 Å². The van der Waals surface area contributed by atoms with Gasteiger partial charge in [0.15, 0.2) is 0 Å². The predicted octanol–water partition coefficient (Wildman–Crippen LogP) is 4.28. The van der Waals surface area contributed by atoms with E-state index in [1.165, 1.54) is 16.5 Å². The van der Waals surface area contributed by atoms with Crippen LogP contribution in [0.5, 0.6) is 5.75 Å². The van der Waals surface area contributed by atoms with Crippen LogP contribution in [0.1, 0.15) is 16.7 Å². The maximum absolute atomic E-state index is 6.22. The lowest BCUT2D eigenvalue weighted by Crippen LogP contribution is -2.10. The molecule has 0 unspecified atom stereocenters. The number of nitrogen functional groups attached to an aromatic ring is 1. The molecule has 0 amide bonds. The van der Waals surface area contributed by atoms with Crippen LogP contribution >= 0.6 is 0 Å². The summed E-state index contributed by atoms with van der Waals surface area (Å²) in [7, 11) is 1.68. The summed E-state index contributed by atoms with van der Waals surface area (Å²) in [5, 5.41) is 5.63. The van der Waals surface area contributed by atoms with Crippen molar-refractivity contribution in [3.63, 3.8) is 0 Å². The summed E-state index contributed by atoms with van der Waals surface area (Å²) in [6, 6.07) is 14.4. The number of anilines is 2. The lowest BCUT2D eigenvalue weighted by atomic mass is 10.1. The average Bonchev–Trinajstić information content (AvgIpc) is 3.42. The molecule has 0 aliphatic carbocycles. The van der Waals surface area contributed by atoms with Crippen molar-refractivity contribution in [3.05, 3.63) is 77.7 Å². The van der Waals surface area contributed by atoms with Gasteiger partial charge in [-0.05, 0) is 53.3 Å². The van der Waals surface area contributed by atoms with Crippen LogP contribution in [0.3, 0.4) is 0 Å². The molecule has 0 radical (unpaired) electrons. The van der Waals surface area contributed by atoms with Crippen molar-refractivity contribution in [3.8, 4) is 5.75 Å². The van der Waals surface area contributed by atoms with Gasteiger partial charge in [-0.25, -0.2) is 4.98 Å². The van der Waals surface area contributed by atoms with Gasteiger partial charge in [-0.3, -0.25) is 0 Å². The van der Waals surface area contributed by atoms with Crippen LogP contribution in [0.2, 0.25) is 0 Å². The molecular formula is C24H24N6O. The van der Waals surface area contributed by atoms with Crippen molar-refractivity contribution in [1.29, 1.82) is 0 Å². The number of nitrogens with zero attached hydrogens (tertiary/aromatic N) is 2. The van der Waals surface area contributed by atoms with E-state index in [9.17, 15) is 0 Å². The topological polar surface area (TPSA) is 105 Å². The Hall–Kier alpha value is -4.00. The Bertz CT molecular complexity index is 1350. The highest BCUT2D eigenvalue weighted by Gasteiger charge is 2.08. The summed E-state index contributed by atoms with van der Waals surface area (Å²) < 4.78 is 5.34. The number of hydrogen-bond acceptors (Lipinski definition) is 5. The molecule has 3 heterocycles. The van der Waals surface area contributed by atoms with Crippen LogP contribution < -0.4 is 15.8 Å². The molecule has 0 saturated heterocycles.